The maximum atomic E-state index is 13.5. The molecule has 0 spiro atoms. The van der Waals surface area contributed by atoms with Gasteiger partial charge in [0.2, 0.25) is 0 Å². The van der Waals surface area contributed by atoms with Crippen molar-refractivity contribution in [3.63, 3.8) is 0 Å². The van der Waals surface area contributed by atoms with Crippen LogP contribution in [0.3, 0.4) is 0 Å². The highest BCUT2D eigenvalue weighted by atomic mass is 19.1. The summed E-state index contributed by atoms with van der Waals surface area (Å²) in [6.07, 6.45) is 0. The number of rotatable bonds is 5. The zero-order valence-corrected chi connectivity index (χ0v) is 10.8. The van der Waals surface area contributed by atoms with E-state index in [0.29, 0.717) is 12.1 Å². The van der Waals surface area contributed by atoms with Gasteiger partial charge >= 0.3 is 0 Å². The fourth-order valence-electron chi connectivity index (χ4n) is 1.70. The van der Waals surface area contributed by atoms with Crippen LogP contribution in [-0.4, -0.2) is 31.1 Å². The molecule has 0 bridgehead atoms. The van der Waals surface area contributed by atoms with Crippen molar-refractivity contribution in [2.45, 2.75) is 25.9 Å². The Morgan fingerprint density at radius 2 is 1.94 bits per heavy atom. The van der Waals surface area contributed by atoms with Crippen LogP contribution in [0, 0.1) is 11.6 Å². The molecular formula is C13H20F2N2. The molecule has 1 aromatic carbocycles. The average Bonchev–Trinajstić information content (AvgIpc) is 2.23. The highest BCUT2D eigenvalue weighted by molar-refractivity contribution is 5.18. The third-order valence-electron chi connectivity index (χ3n) is 3.06. The minimum atomic E-state index is -0.402. The maximum Gasteiger partial charge on any atom is 0.127 e. The van der Waals surface area contributed by atoms with Crippen LogP contribution < -0.4 is 5.32 Å². The molecule has 2 nitrogen and oxygen atoms in total. The van der Waals surface area contributed by atoms with Crippen LogP contribution in [0.4, 0.5) is 8.78 Å². The number of halogens is 2. The van der Waals surface area contributed by atoms with Crippen LogP contribution in [0.25, 0.3) is 0 Å². The zero-order chi connectivity index (χ0) is 13.1. The number of nitrogens with zero attached hydrogens (tertiary/aromatic N) is 1. The van der Waals surface area contributed by atoms with Gasteiger partial charge in [-0.05, 0) is 46.1 Å². The molecule has 0 atom stereocenters. The topological polar surface area (TPSA) is 15.3 Å². The Labute approximate surface area is 102 Å². The summed E-state index contributed by atoms with van der Waals surface area (Å²) in [6.45, 7) is 5.28. The first kappa shape index (κ1) is 14.1. The highest BCUT2D eigenvalue weighted by Crippen LogP contribution is 2.17. The van der Waals surface area contributed by atoms with Gasteiger partial charge in [-0.3, -0.25) is 4.90 Å². The van der Waals surface area contributed by atoms with Gasteiger partial charge in [0, 0.05) is 24.2 Å². The second-order valence-electron chi connectivity index (χ2n) is 4.93. The van der Waals surface area contributed by atoms with E-state index in [-0.39, 0.29) is 11.4 Å². The van der Waals surface area contributed by atoms with E-state index in [4.69, 9.17) is 0 Å². The van der Waals surface area contributed by atoms with Crippen LogP contribution in [0.2, 0.25) is 0 Å². The summed E-state index contributed by atoms with van der Waals surface area (Å²) < 4.78 is 26.5. The van der Waals surface area contributed by atoms with E-state index < -0.39 is 5.82 Å². The van der Waals surface area contributed by atoms with E-state index in [0.717, 1.165) is 12.6 Å². The molecular weight excluding hydrogens is 222 g/mol. The van der Waals surface area contributed by atoms with Gasteiger partial charge in [-0.25, -0.2) is 8.78 Å². The minimum Gasteiger partial charge on any atom is -0.318 e. The van der Waals surface area contributed by atoms with Gasteiger partial charge < -0.3 is 5.32 Å². The molecule has 0 aliphatic rings. The van der Waals surface area contributed by atoms with Crippen LogP contribution in [-0.2, 0) is 6.54 Å². The third kappa shape index (κ3) is 3.75. The number of hydrogen-bond donors (Lipinski definition) is 1. The molecule has 0 heterocycles. The fraction of sp³-hybridized carbons (Fsp3) is 0.538. The zero-order valence-electron chi connectivity index (χ0n) is 10.8. The van der Waals surface area contributed by atoms with Crippen molar-refractivity contribution in [1.82, 2.24) is 10.2 Å². The van der Waals surface area contributed by atoms with Crippen LogP contribution in [0.1, 0.15) is 19.4 Å². The summed E-state index contributed by atoms with van der Waals surface area (Å²) in [4.78, 5) is 2.00. The van der Waals surface area contributed by atoms with Crippen LogP contribution in [0.15, 0.2) is 18.2 Å². The largest absolute Gasteiger partial charge is 0.318 e. The van der Waals surface area contributed by atoms with Gasteiger partial charge in [0.05, 0.1) is 0 Å². The molecule has 0 unspecified atom stereocenters. The monoisotopic (exact) mass is 242 g/mol. The molecule has 0 amide bonds. The van der Waals surface area contributed by atoms with Gasteiger partial charge in [0.1, 0.15) is 11.6 Å². The Bertz CT molecular complexity index is 378. The lowest BCUT2D eigenvalue weighted by atomic mass is 10.0. The van der Waals surface area contributed by atoms with E-state index in [1.807, 2.05) is 19.0 Å². The third-order valence-corrected chi connectivity index (χ3v) is 3.06. The Hall–Kier alpha value is -1.00. The van der Waals surface area contributed by atoms with Crippen molar-refractivity contribution < 1.29 is 8.78 Å². The summed E-state index contributed by atoms with van der Waals surface area (Å²) in [5, 5.41) is 3.09. The first-order chi connectivity index (χ1) is 7.86. The Morgan fingerprint density at radius 3 is 2.53 bits per heavy atom. The van der Waals surface area contributed by atoms with Crippen LogP contribution in [0.5, 0.6) is 0 Å². The molecule has 0 aromatic heterocycles. The molecule has 0 aliphatic carbocycles. The van der Waals surface area contributed by atoms with Crippen molar-refractivity contribution >= 4 is 0 Å². The minimum absolute atomic E-state index is 0.118. The molecule has 0 radical (unpaired) electrons. The van der Waals surface area contributed by atoms with Crippen molar-refractivity contribution in [3.05, 3.63) is 35.4 Å². The van der Waals surface area contributed by atoms with Crippen molar-refractivity contribution in [3.8, 4) is 0 Å². The van der Waals surface area contributed by atoms with Gasteiger partial charge in [-0.2, -0.15) is 0 Å². The normalized spacial score (nSPS) is 12.2. The van der Waals surface area contributed by atoms with Gasteiger partial charge in [0.15, 0.2) is 0 Å². The molecule has 0 saturated heterocycles. The summed E-state index contributed by atoms with van der Waals surface area (Å²) in [6, 6.07) is 3.56. The average molecular weight is 242 g/mol. The van der Waals surface area contributed by atoms with Gasteiger partial charge in [-0.1, -0.05) is 0 Å². The molecule has 1 rings (SSSR count). The standard InChI is InChI=1S/C13H20F2N2/c1-13(2,9-16-3)17(4)8-10-7-11(14)5-6-12(10)15/h5-7,16H,8-9H2,1-4H3. The quantitative estimate of drug-likeness (QED) is 0.853. The predicted molar refractivity (Wildman–Crippen MR) is 65.8 cm³/mol. The van der Waals surface area contributed by atoms with E-state index in [9.17, 15) is 8.78 Å². The second-order valence-corrected chi connectivity index (χ2v) is 4.93. The Kier molecular flexibility index (Phi) is 4.60. The van der Waals surface area contributed by atoms with E-state index in [1.165, 1.54) is 12.1 Å². The lowest BCUT2D eigenvalue weighted by Crippen LogP contribution is -2.47. The second kappa shape index (κ2) is 5.56. The number of nitrogens with one attached hydrogen (secondary N) is 1. The fourth-order valence-corrected chi connectivity index (χ4v) is 1.70. The van der Waals surface area contributed by atoms with Crippen molar-refractivity contribution in [2.24, 2.45) is 0 Å². The molecule has 0 aliphatic heterocycles. The summed E-state index contributed by atoms with van der Waals surface area (Å²) in [5.74, 6) is -0.764. The molecule has 1 aromatic rings. The number of likely N-dealkylation sites (N-methyl/N-ethyl adjacent to an activating group) is 2. The van der Waals surface area contributed by atoms with Gasteiger partial charge in [0.25, 0.3) is 0 Å². The number of hydrogen-bond acceptors (Lipinski definition) is 2. The molecule has 1 N–H and O–H groups in total. The molecule has 0 saturated carbocycles. The van der Waals surface area contributed by atoms with Crippen molar-refractivity contribution in [2.75, 3.05) is 20.6 Å². The first-order valence-corrected chi connectivity index (χ1v) is 5.66. The highest BCUT2D eigenvalue weighted by Gasteiger charge is 2.23. The van der Waals surface area contributed by atoms with E-state index in [1.54, 1.807) is 0 Å². The lowest BCUT2D eigenvalue weighted by molar-refractivity contribution is 0.145. The molecule has 0 fully saturated rings. The van der Waals surface area contributed by atoms with E-state index >= 15 is 0 Å². The van der Waals surface area contributed by atoms with Gasteiger partial charge in [-0.15, -0.1) is 0 Å². The molecule has 96 valence electrons. The SMILES string of the molecule is CNCC(C)(C)N(C)Cc1cc(F)ccc1F. The predicted octanol–water partition coefficient (Wildman–Crippen LogP) is 2.39. The van der Waals surface area contributed by atoms with E-state index in [2.05, 4.69) is 19.2 Å². The van der Waals surface area contributed by atoms with Crippen LogP contribution >= 0.6 is 0 Å². The lowest BCUT2D eigenvalue weighted by Gasteiger charge is -2.35. The molecule has 4 heteroatoms. The Morgan fingerprint density at radius 1 is 1.29 bits per heavy atom. The number of benzene rings is 1. The summed E-state index contributed by atoms with van der Waals surface area (Å²) in [5.41, 5.74) is 0.268. The first-order valence-electron chi connectivity index (χ1n) is 5.66. The Balaban J connectivity index is 2.80. The molecule has 17 heavy (non-hydrogen) atoms. The van der Waals surface area contributed by atoms with Crippen molar-refractivity contribution in [1.29, 1.82) is 0 Å². The summed E-state index contributed by atoms with van der Waals surface area (Å²) in [7, 11) is 3.78. The maximum absolute atomic E-state index is 13.5. The smallest absolute Gasteiger partial charge is 0.127 e. The summed E-state index contributed by atoms with van der Waals surface area (Å²) >= 11 is 0.